The van der Waals surface area contributed by atoms with E-state index in [0.29, 0.717) is 0 Å². The summed E-state index contributed by atoms with van der Waals surface area (Å²) in [6.07, 6.45) is 9.02. The average molecular weight is 186 g/mol. The first-order chi connectivity index (χ1) is 4.85. The van der Waals surface area contributed by atoms with Crippen molar-refractivity contribution in [3.63, 3.8) is 0 Å². The SMILES string of the molecule is [CH2-]CC(=[C-]CCC)CCC.[Ti+2]. The molecule has 0 bridgehead atoms. The third kappa shape index (κ3) is 8.36. The molecule has 0 saturated heterocycles. The van der Waals surface area contributed by atoms with Crippen LogP contribution in [0.4, 0.5) is 0 Å². The molecule has 0 atom stereocenters. The summed E-state index contributed by atoms with van der Waals surface area (Å²) in [7, 11) is 0. The predicted octanol–water partition coefficient (Wildman–Crippen LogP) is 3.54. The second-order valence-corrected chi connectivity index (χ2v) is 2.53. The Morgan fingerprint density at radius 3 is 2.27 bits per heavy atom. The average Bonchev–Trinajstić information content (AvgIpc) is 1.98. The Labute approximate surface area is 86.3 Å². The summed E-state index contributed by atoms with van der Waals surface area (Å²) < 4.78 is 0. The van der Waals surface area contributed by atoms with E-state index in [-0.39, 0.29) is 21.7 Å². The third-order valence-corrected chi connectivity index (χ3v) is 1.48. The zero-order valence-electron chi connectivity index (χ0n) is 7.74. The minimum absolute atomic E-state index is 0. The van der Waals surface area contributed by atoms with Gasteiger partial charge in [-0.2, -0.15) is 12.8 Å². The summed E-state index contributed by atoms with van der Waals surface area (Å²) in [6, 6.07) is 0. The molecule has 0 aromatic heterocycles. The Kier molecular flexibility index (Phi) is 13.3. The molecule has 0 aromatic rings. The Hall–Kier alpha value is 0.454. The van der Waals surface area contributed by atoms with Gasteiger partial charge in [-0.15, -0.1) is 0 Å². The molecule has 0 fully saturated rings. The van der Waals surface area contributed by atoms with Crippen LogP contribution in [0.25, 0.3) is 0 Å². The Balaban J connectivity index is 0. The van der Waals surface area contributed by atoms with E-state index in [2.05, 4.69) is 26.8 Å². The zero-order chi connectivity index (χ0) is 7.82. The molecule has 1 heteroatoms. The summed E-state index contributed by atoms with van der Waals surface area (Å²) >= 11 is 0. The van der Waals surface area contributed by atoms with Gasteiger partial charge in [0.1, 0.15) is 0 Å². The van der Waals surface area contributed by atoms with Crippen LogP contribution in [0, 0.1) is 13.0 Å². The van der Waals surface area contributed by atoms with Crippen molar-refractivity contribution in [2.45, 2.75) is 46.0 Å². The van der Waals surface area contributed by atoms with E-state index in [1.807, 2.05) is 0 Å². The molecule has 0 nitrogen and oxygen atoms in total. The number of unbranched alkanes of at least 4 members (excludes halogenated alkanes) is 1. The zero-order valence-corrected chi connectivity index (χ0v) is 9.30. The van der Waals surface area contributed by atoms with Crippen LogP contribution in [0.1, 0.15) is 46.0 Å². The van der Waals surface area contributed by atoms with Gasteiger partial charge in [-0.05, 0) is 0 Å². The summed E-state index contributed by atoms with van der Waals surface area (Å²) in [6.45, 7) is 8.24. The van der Waals surface area contributed by atoms with Crippen molar-refractivity contribution < 1.29 is 21.7 Å². The van der Waals surface area contributed by atoms with Gasteiger partial charge in [0.05, 0.1) is 0 Å². The maximum Gasteiger partial charge on any atom is 2.00 e. The van der Waals surface area contributed by atoms with Crippen LogP contribution in [-0.2, 0) is 21.7 Å². The topological polar surface area (TPSA) is 0 Å². The van der Waals surface area contributed by atoms with Gasteiger partial charge in [0.2, 0.25) is 0 Å². The fraction of sp³-hybridized carbons (Fsp3) is 0.700. The number of hydrogen-bond donors (Lipinski definition) is 0. The van der Waals surface area contributed by atoms with Gasteiger partial charge in [0, 0.05) is 0 Å². The molecule has 0 amide bonds. The van der Waals surface area contributed by atoms with Crippen molar-refractivity contribution in [1.82, 2.24) is 0 Å². The number of rotatable bonds is 5. The summed E-state index contributed by atoms with van der Waals surface area (Å²) in [4.78, 5) is 0. The maximum absolute atomic E-state index is 3.86. The van der Waals surface area contributed by atoms with Crippen molar-refractivity contribution in [2.75, 3.05) is 0 Å². The minimum Gasteiger partial charge on any atom is -0.500 e. The predicted molar refractivity (Wildman–Crippen MR) is 46.5 cm³/mol. The molecule has 11 heavy (non-hydrogen) atoms. The molecular weight excluding hydrogens is 168 g/mol. The first-order valence-corrected chi connectivity index (χ1v) is 4.22. The van der Waals surface area contributed by atoms with Crippen molar-refractivity contribution in [2.24, 2.45) is 0 Å². The van der Waals surface area contributed by atoms with Gasteiger partial charge in [-0.3, -0.25) is 5.57 Å². The van der Waals surface area contributed by atoms with Crippen LogP contribution in [-0.4, -0.2) is 0 Å². The molecule has 0 aliphatic carbocycles. The molecule has 0 aliphatic heterocycles. The van der Waals surface area contributed by atoms with Gasteiger partial charge >= 0.3 is 21.7 Å². The molecule has 0 heterocycles. The van der Waals surface area contributed by atoms with E-state index >= 15 is 0 Å². The second-order valence-electron chi connectivity index (χ2n) is 2.53. The van der Waals surface area contributed by atoms with Crippen LogP contribution in [0.3, 0.4) is 0 Å². The van der Waals surface area contributed by atoms with E-state index in [0.717, 1.165) is 12.8 Å². The first-order valence-electron chi connectivity index (χ1n) is 4.22. The fourth-order valence-electron chi connectivity index (χ4n) is 0.905. The van der Waals surface area contributed by atoms with Gasteiger partial charge < -0.3 is 13.0 Å². The normalized spacial score (nSPS) is 11.0. The van der Waals surface area contributed by atoms with Crippen LogP contribution in [0.2, 0.25) is 0 Å². The standard InChI is InChI=1S/C10H18.Ti/c1-4-7-9-10(6-3)8-5-2;/h3-8H2,1-2H3;/q-2;+2. The van der Waals surface area contributed by atoms with E-state index < -0.39 is 0 Å². The van der Waals surface area contributed by atoms with Crippen LogP contribution in [0.15, 0.2) is 5.57 Å². The molecule has 0 aromatic carbocycles. The molecule has 0 aliphatic rings. The van der Waals surface area contributed by atoms with Crippen LogP contribution >= 0.6 is 0 Å². The summed E-state index contributed by atoms with van der Waals surface area (Å²) in [5, 5.41) is 0. The fourth-order valence-corrected chi connectivity index (χ4v) is 0.905. The first kappa shape index (κ1) is 14.0. The Morgan fingerprint density at radius 2 is 1.91 bits per heavy atom. The van der Waals surface area contributed by atoms with E-state index in [1.165, 1.54) is 24.8 Å². The molecule has 0 radical (unpaired) electrons. The third-order valence-electron chi connectivity index (χ3n) is 1.48. The molecular formula is C10H18Ti. The van der Waals surface area contributed by atoms with Crippen molar-refractivity contribution >= 4 is 0 Å². The Bertz CT molecular complexity index is 95.0. The van der Waals surface area contributed by atoms with Crippen LogP contribution in [0.5, 0.6) is 0 Å². The number of hydrogen-bond acceptors (Lipinski definition) is 0. The van der Waals surface area contributed by atoms with Gasteiger partial charge in [-0.1, -0.05) is 33.1 Å². The van der Waals surface area contributed by atoms with E-state index in [1.54, 1.807) is 0 Å². The maximum atomic E-state index is 3.86. The molecule has 0 saturated carbocycles. The van der Waals surface area contributed by atoms with Gasteiger partial charge in [0.15, 0.2) is 0 Å². The number of allylic oxidation sites excluding steroid dienone is 2. The molecule has 62 valence electrons. The summed E-state index contributed by atoms with van der Waals surface area (Å²) in [5.74, 6) is 0. The molecule has 0 unspecified atom stereocenters. The van der Waals surface area contributed by atoms with Crippen molar-refractivity contribution in [3.8, 4) is 0 Å². The van der Waals surface area contributed by atoms with Crippen molar-refractivity contribution in [3.05, 3.63) is 18.6 Å². The quantitative estimate of drug-likeness (QED) is 0.455. The Morgan fingerprint density at radius 1 is 1.27 bits per heavy atom. The second kappa shape index (κ2) is 10.5. The van der Waals surface area contributed by atoms with E-state index in [9.17, 15) is 0 Å². The minimum atomic E-state index is 0. The largest absolute Gasteiger partial charge is 2.00 e. The summed E-state index contributed by atoms with van der Waals surface area (Å²) in [5.41, 5.74) is 1.41. The molecule has 0 rings (SSSR count). The van der Waals surface area contributed by atoms with Gasteiger partial charge in [-0.25, -0.2) is 0 Å². The smallest absolute Gasteiger partial charge is 0.500 e. The monoisotopic (exact) mass is 186 g/mol. The molecule has 0 N–H and O–H groups in total. The van der Waals surface area contributed by atoms with Gasteiger partial charge in [0.25, 0.3) is 0 Å². The van der Waals surface area contributed by atoms with Crippen molar-refractivity contribution in [1.29, 1.82) is 0 Å². The van der Waals surface area contributed by atoms with Crippen LogP contribution < -0.4 is 0 Å². The molecule has 0 spiro atoms. The van der Waals surface area contributed by atoms with E-state index in [4.69, 9.17) is 0 Å².